The number of hydrogen-bond donors (Lipinski definition) is 2. The van der Waals surface area contributed by atoms with Crippen molar-refractivity contribution in [2.45, 2.75) is 84.3 Å². The van der Waals surface area contributed by atoms with Gasteiger partial charge in [-0.2, -0.15) is 13.9 Å². The van der Waals surface area contributed by atoms with Crippen LogP contribution in [0.3, 0.4) is 0 Å². The Bertz CT molecular complexity index is 1340. The van der Waals surface area contributed by atoms with Crippen molar-refractivity contribution in [3.05, 3.63) is 29.3 Å². The molecule has 0 saturated carbocycles. The van der Waals surface area contributed by atoms with Crippen molar-refractivity contribution in [1.29, 1.82) is 0 Å². The number of ether oxygens (including phenoxy) is 3. The van der Waals surface area contributed by atoms with Gasteiger partial charge in [0, 0.05) is 23.9 Å². The Labute approximate surface area is 234 Å². The summed E-state index contributed by atoms with van der Waals surface area (Å²) >= 11 is 0. The number of carbonyl (C=O) groups excluding carboxylic acids is 3. The molecule has 2 atom stereocenters. The quantitative estimate of drug-likeness (QED) is 0.523. The molecule has 4 rings (SSSR count). The summed E-state index contributed by atoms with van der Waals surface area (Å²) in [6, 6.07) is -1.22. The number of pyridine rings is 1. The Kier molecular flexibility index (Phi) is 8.21. The van der Waals surface area contributed by atoms with Crippen LogP contribution in [0.1, 0.15) is 70.4 Å². The predicted octanol–water partition coefficient (Wildman–Crippen LogP) is 4.46. The summed E-state index contributed by atoms with van der Waals surface area (Å²) in [5.41, 5.74) is -2.24. The monoisotopic (exact) mass is 582 g/mol. The van der Waals surface area contributed by atoms with Crippen molar-refractivity contribution >= 4 is 23.9 Å². The molecule has 224 valence electrons. The lowest BCUT2D eigenvalue weighted by Gasteiger charge is -2.33. The van der Waals surface area contributed by atoms with Crippen LogP contribution >= 0.6 is 0 Å². The second-order valence-electron chi connectivity index (χ2n) is 11.7. The standard InChI is InChI=1S/C26H33F3N6O6/c1-25(2,3)40-23(37)32-16-12-39-8-7-15(16)31-20-18(27)14-11-34(24(38)41-26(4,5)6)21(36)17(14)19(33-20)13-9-30-35(10-13)22(28)29/h9-10,15-16,22H,7-8,11-12H2,1-6H3,(H,31,33)(H,32,37)/t15-,16?/m1/s1. The number of rotatable bonds is 5. The van der Waals surface area contributed by atoms with Crippen molar-refractivity contribution in [1.82, 2.24) is 25.0 Å². The van der Waals surface area contributed by atoms with Crippen molar-refractivity contribution in [2.75, 3.05) is 18.5 Å². The summed E-state index contributed by atoms with van der Waals surface area (Å²) in [6.07, 6.45) is 0.704. The molecular formula is C26H33F3N6O6. The first-order chi connectivity index (χ1) is 19.0. The molecular weight excluding hydrogens is 549 g/mol. The molecule has 0 radical (unpaired) electrons. The highest BCUT2D eigenvalue weighted by Gasteiger charge is 2.41. The first kappa shape index (κ1) is 30.1. The van der Waals surface area contributed by atoms with E-state index < -0.39 is 60.3 Å². The molecule has 4 heterocycles. The zero-order valence-electron chi connectivity index (χ0n) is 23.6. The Morgan fingerprint density at radius 2 is 1.80 bits per heavy atom. The van der Waals surface area contributed by atoms with Gasteiger partial charge in [-0.25, -0.2) is 28.5 Å². The van der Waals surface area contributed by atoms with Crippen LogP contribution in [0.4, 0.5) is 28.6 Å². The number of nitrogens with one attached hydrogen (secondary N) is 2. The summed E-state index contributed by atoms with van der Waals surface area (Å²) in [4.78, 5) is 43.6. The Hall–Kier alpha value is -3.88. The molecule has 3 amide bonds. The summed E-state index contributed by atoms with van der Waals surface area (Å²) in [5.74, 6) is -2.10. The highest BCUT2D eigenvalue weighted by Crippen LogP contribution is 2.37. The van der Waals surface area contributed by atoms with E-state index in [9.17, 15) is 23.2 Å². The molecule has 2 aliphatic heterocycles. The number of hydrogen-bond acceptors (Lipinski definition) is 9. The van der Waals surface area contributed by atoms with Gasteiger partial charge in [0.15, 0.2) is 11.6 Å². The van der Waals surface area contributed by atoms with Gasteiger partial charge in [0.1, 0.15) is 11.2 Å². The highest BCUT2D eigenvalue weighted by molar-refractivity contribution is 6.10. The molecule has 1 unspecified atom stereocenters. The fourth-order valence-electron chi connectivity index (χ4n) is 4.38. The lowest BCUT2D eigenvalue weighted by atomic mass is 10.0. The number of anilines is 1. The van der Waals surface area contributed by atoms with E-state index in [0.717, 1.165) is 17.3 Å². The molecule has 2 aromatic heterocycles. The second kappa shape index (κ2) is 11.2. The molecule has 1 saturated heterocycles. The lowest BCUT2D eigenvalue weighted by Crippen LogP contribution is -2.53. The van der Waals surface area contributed by atoms with Crippen LogP contribution in [0, 0.1) is 5.82 Å². The van der Waals surface area contributed by atoms with Crippen molar-refractivity contribution in [3.63, 3.8) is 0 Å². The molecule has 0 spiro atoms. The van der Waals surface area contributed by atoms with Crippen LogP contribution in [0.2, 0.25) is 0 Å². The van der Waals surface area contributed by atoms with Crippen molar-refractivity contribution < 1.29 is 41.8 Å². The summed E-state index contributed by atoms with van der Waals surface area (Å²) in [5, 5.41) is 9.29. The summed E-state index contributed by atoms with van der Waals surface area (Å²) < 4.78 is 59.0. The van der Waals surface area contributed by atoms with Gasteiger partial charge in [0.25, 0.3) is 5.91 Å². The number of aromatic nitrogens is 3. The smallest absolute Gasteiger partial charge is 0.417 e. The third kappa shape index (κ3) is 6.89. The van der Waals surface area contributed by atoms with E-state index in [1.165, 1.54) is 0 Å². The number of nitrogens with zero attached hydrogens (tertiary/aromatic N) is 4. The van der Waals surface area contributed by atoms with Crippen LogP contribution in [-0.2, 0) is 20.8 Å². The number of fused-ring (bicyclic) bond motifs is 1. The van der Waals surface area contributed by atoms with Gasteiger partial charge in [-0.3, -0.25) is 4.79 Å². The third-order valence-corrected chi connectivity index (χ3v) is 6.08. The average Bonchev–Trinajstić information content (AvgIpc) is 3.46. The maximum absolute atomic E-state index is 16.0. The van der Waals surface area contributed by atoms with Gasteiger partial charge in [0.05, 0.1) is 42.7 Å². The topological polar surface area (TPSA) is 137 Å². The van der Waals surface area contributed by atoms with Crippen LogP contribution in [-0.4, -0.2) is 74.3 Å². The minimum atomic E-state index is -2.97. The second-order valence-corrected chi connectivity index (χ2v) is 11.7. The summed E-state index contributed by atoms with van der Waals surface area (Å²) in [7, 11) is 0. The SMILES string of the molecule is CC(C)(C)OC(=O)NC1COCC[C@H]1Nc1nc(-c2cnn(C(F)F)c2)c2c(c1F)CN(C(=O)OC(C)(C)C)C2=O. The Balaban J connectivity index is 1.71. The van der Waals surface area contributed by atoms with E-state index >= 15 is 4.39 Å². The van der Waals surface area contributed by atoms with E-state index in [4.69, 9.17) is 14.2 Å². The van der Waals surface area contributed by atoms with Gasteiger partial charge >= 0.3 is 18.7 Å². The first-order valence-corrected chi connectivity index (χ1v) is 13.0. The number of alkyl halides is 2. The minimum Gasteiger partial charge on any atom is -0.444 e. The zero-order valence-corrected chi connectivity index (χ0v) is 23.6. The molecule has 2 N–H and O–H groups in total. The van der Waals surface area contributed by atoms with Gasteiger partial charge in [-0.1, -0.05) is 0 Å². The fraction of sp³-hybridized carbons (Fsp3) is 0.577. The van der Waals surface area contributed by atoms with Crippen LogP contribution in [0.5, 0.6) is 0 Å². The molecule has 0 bridgehead atoms. The summed E-state index contributed by atoms with van der Waals surface area (Å²) in [6.45, 7) is 6.95. The van der Waals surface area contributed by atoms with E-state index in [-0.39, 0.29) is 34.8 Å². The van der Waals surface area contributed by atoms with E-state index in [0.29, 0.717) is 17.7 Å². The Morgan fingerprint density at radius 3 is 2.41 bits per heavy atom. The van der Waals surface area contributed by atoms with Gasteiger partial charge in [0.2, 0.25) is 0 Å². The highest BCUT2D eigenvalue weighted by atomic mass is 19.3. The number of halogens is 3. The number of carbonyl (C=O) groups is 3. The minimum absolute atomic E-state index is 0.0133. The first-order valence-electron chi connectivity index (χ1n) is 13.0. The maximum atomic E-state index is 16.0. The molecule has 0 aromatic carbocycles. The normalized spacial score (nSPS) is 19.3. The fourth-order valence-corrected chi connectivity index (χ4v) is 4.38. The number of alkyl carbamates (subject to hydrolysis) is 1. The molecule has 41 heavy (non-hydrogen) atoms. The number of imide groups is 1. The van der Waals surface area contributed by atoms with Gasteiger partial charge in [-0.05, 0) is 48.0 Å². The largest absolute Gasteiger partial charge is 0.444 e. The third-order valence-electron chi connectivity index (χ3n) is 6.08. The Morgan fingerprint density at radius 1 is 1.12 bits per heavy atom. The van der Waals surface area contributed by atoms with Crippen molar-refractivity contribution in [2.24, 2.45) is 0 Å². The molecule has 0 aliphatic carbocycles. The average molecular weight is 583 g/mol. The van der Waals surface area contributed by atoms with E-state index in [1.807, 2.05) is 0 Å². The van der Waals surface area contributed by atoms with Gasteiger partial charge < -0.3 is 24.8 Å². The van der Waals surface area contributed by atoms with Gasteiger partial charge in [-0.15, -0.1) is 0 Å². The predicted molar refractivity (Wildman–Crippen MR) is 139 cm³/mol. The molecule has 15 heteroatoms. The zero-order chi connectivity index (χ0) is 30.3. The maximum Gasteiger partial charge on any atom is 0.417 e. The lowest BCUT2D eigenvalue weighted by molar-refractivity contribution is 0.0246. The van der Waals surface area contributed by atoms with E-state index in [1.54, 1.807) is 41.5 Å². The molecule has 1 fully saturated rings. The van der Waals surface area contributed by atoms with Crippen LogP contribution in [0.15, 0.2) is 12.4 Å². The van der Waals surface area contributed by atoms with E-state index in [2.05, 4.69) is 20.7 Å². The van der Waals surface area contributed by atoms with Crippen LogP contribution < -0.4 is 10.6 Å². The molecule has 2 aromatic rings. The molecule has 2 aliphatic rings. The van der Waals surface area contributed by atoms with Crippen LogP contribution in [0.25, 0.3) is 11.3 Å². The molecule has 12 nitrogen and oxygen atoms in total. The number of amides is 3. The van der Waals surface area contributed by atoms with Crippen molar-refractivity contribution in [3.8, 4) is 11.3 Å².